The van der Waals surface area contributed by atoms with Crippen LogP contribution < -0.4 is 19.3 Å². The van der Waals surface area contributed by atoms with E-state index >= 15 is 0 Å². The summed E-state index contributed by atoms with van der Waals surface area (Å²) >= 11 is 5.99. The van der Waals surface area contributed by atoms with Gasteiger partial charge in [0.25, 0.3) is 5.91 Å². The number of benzene rings is 2. The monoisotopic (exact) mass is 421 g/mol. The maximum absolute atomic E-state index is 13.2. The van der Waals surface area contributed by atoms with E-state index in [2.05, 4.69) is 5.32 Å². The number of carbonyl (C=O) groups is 2. The van der Waals surface area contributed by atoms with Gasteiger partial charge in [-0.15, -0.1) is 0 Å². The minimum absolute atomic E-state index is 0.179. The lowest BCUT2D eigenvalue weighted by Crippen LogP contribution is -2.54. The topological polar surface area (TPSA) is 96.0 Å². The van der Waals surface area contributed by atoms with Crippen LogP contribution >= 0.6 is 11.6 Å². The predicted octanol–water partition coefficient (Wildman–Crippen LogP) is 1.85. The van der Waals surface area contributed by atoms with Crippen molar-refractivity contribution in [2.24, 2.45) is 0 Å². The van der Waals surface area contributed by atoms with E-state index in [-0.39, 0.29) is 30.4 Å². The van der Waals surface area contributed by atoms with E-state index in [0.717, 1.165) is 10.6 Å². The van der Waals surface area contributed by atoms with Crippen LogP contribution in [0.5, 0.6) is 5.75 Å². The molecule has 1 atom stereocenters. The summed E-state index contributed by atoms with van der Waals surface area (Å²) in [4.78, 5) is 26.5. The van der Waals surface area contributed by atoms with Gasteiger partial charge in [0.05, 0.1) is 29.9 Å². The molecule has 0 radical (unpaired) electrons. The second-order valence-corrected chi connectivity index (χ2v) is 8.85. The Bertz CT molecular complexity index is 1090. The van der Waals surface area contributed by atoms with Gasteiger partial charge in [0, 0.05) is 5.02 Å². The molecule has 1 N–H and O–H groups in total. The zero-order valence-electron chi connectivity index (χ0n) is 14.8. The Kier molecular flexibility index (Phi) is 4.43. The predicted molar refractivity (Wildman–Crippen MR) is 105 cm³/mol. The van der Waals surface area contributed by atoms with E-state index in [9.17, 15) is 18.0 Å². The maximum Gasteiger partial charge on any atom is 0.270 e. The number of ether oxygens (including phenoxy) is 1. The van der Waals surface area contributed by atoms with E-state index < -0.39 is 22.0 Å². The number of para-hydroxylation sites is 2. The second-order valence-electron chi connectivity index (χ2n) is 6.50. The van der Waals surface area contributed by atoms with E-state index in [1.807, 2.05) is 0 Å². The Morgan fingerprint density at radius 3 is 2.71 bits per heavy atom. The SMILES string of the molecule is CS(=O)(=O)N1C[C@H](C(=O)N2CC(=O)Nc3ccccc32)Oc2ccc(Cl)cc21. The van der Waals surface area contributed by atoms with Gasteiger partial charge in [-0.05, 0) is 30.3 Å². The first-order valence-corrected chi connectivity index (χ1v) is 10.6. The molecule has 0 aromatic heterocycles. The molecule has 4 rings (SSSR count). The molecule has 146 valence electrons. The summed E-state index contributed by atoms with van der Waals surface area (Å²) in [6.07, 6.45) is -0.0591. The third-order valence-electron chi connectivity index (χ3n) is 4.50. The van der Waals surface area contributed by atoms with Crippen molar-refractivity contribution >= 4 is 50.5 Å². The fourth-order valence-electron chi connectivity index (χ4n) is 3.27. The molecule has 2 aliphatic rings. The normalized spacial score (nSPS) is 18.6. The van der Waals surface area contributed by atoms with Crippen molar-refractivity contribution < 1.29 is 22.7 Å². The summed E-state index contributed by atoms with van der Waals surface area (Å²) in [6, 6.07) is 11.4. The van der Waals surface area contributed by atoms with Crippen molar-refractivity contribution in [1.29, 1.82) is 0 Å². The fourth-order valence-corrected chi connectivity index (χ4v) is 4.34. The molecule has 8 nitrogen and oxygen atoms in total. The average Bonchev–Trinajstić information content (AvgIpc) is 2.65. The quantitative estimate of drug-likeness (QED) is 0.798. The molecule has 0 saturated carbocycles. The summed E-state index contributed by atoms with van der Waals surface area (Å²) in [5.74, 6) is -0.610. The van der Waals surface area contributed by atoms with E-state index in [4.69, 9.17) is 16.3 Å². The van der Waals surface area contributed by atoms with Gasteiger partial charge < -0.3 is 10.1 Å². The summed E-state index contributed by atoms with van der Waals surface area (Å²) in [6.45, 7) is -0.395. The first-order valence-electron chi connectivity index (χ1n) is 8.38. The van der Waals surface area contributed by atoms with Crippen molar-refractivity contribution in [2.75, 3.05) is 33.9 Å². The minimum Gasteiger partial charge on any atom is -0.476 e. The van der Waals surface area contributed by atoms with Crippen molar-refractivity contribution in [1.82, 2.24) is 0 Å². The molecule has 28 heavy (non-hydrogen) atoms. The van der Waals surface area contributed by atoms with E-state index in [1.165, 1.54) is 17.0 Å². The lowest BCUT2D eigenvalue weighted by molar-refractivity contribution is -0.127. The number of fused-ring (bicyclic) bond motifs is 2. The molecule has 2 aromatic carbocycles. The third kappa shape index (κ3) is 3.27. The summed E-state index contributed by atoms with van der Waals surface area (Å²) in [7, 11) is -3.68. The molecule has 0 spiro atoms. The zero-order valence-corrected chi connectivity index (χ0v) is 16.3. The number of rotatable bonds is 2. The summed E-state index contributed by atoms with van der Waals surface area (Å²) in [5.41, 5.74) is 1.31. The van der Waals surface area contributed by atoms with Gasteiger partial charge >= 0.3 is 0 Å². The van der Waals surface area contributed by atoms with E-state index in [0.29, 0.717) is 16.4 Å². The first kappa shape index (κ1) is 18.6. The van der Waals surface area contributed by atoms with Crippen molar-refractivity contribution in [2.45, 2.75) is 6.10 Å². The lowest BCUT2D eigenvalue weighted by atomic mass is 10.1. The zero-order chi connectivity index (χ0) is 20.1. The van der Waals surface area contributed by atoms with Gasteiger partial charge in [-0.1, -0.05) is 23.7 Å². The van der Waals surface area contributed by atoms with Crippen LogP contribution in [0.25, 0.3) is 0 Å². The first-order chi connectivity index (χ1) is 13.2. The van der Waals surface area contributed by atoms with Crippen LogP contribution in [0.15, 0.2) is 42.5 Å². The van der Waals surface area contributed by atoms with Gasteiger partial charge in [0.1, 0.15) is 12.3 Å². The molecule has 2 aromatic rings. The average molecular weight is 422 g/mol. The van der Waals surface area contributed by atoms with Gasteiger partial charge in [-0.3, -0.25) is 18.8 Å². The van der Waals surface area contributed by atoms with Crippen LogP contribution in [0.3, 0.4) is 0 Å². The molecule has 2 aliphatic heterocycles. The highest BCUT2D eigenvalue weighted by Gasteiger charge is 2.39. The number of sulfonamides is 1. The second kappa shape index (κ2) is 6.68. The lowest BCUT2D eigenvalue weighted by Gasteiger charge is -2.37. The van der Waals surface area contributed by atoms with Crippen molar-refractivity contribution in [3.63, 3.8) is 0 Å². The van der Waals surface area contributed by atoms with Crippen LogP contribution in [0, 0.1) is 0 Å². The number of anilines is 3. The highest BCUT2D eigenvalue weighted by Crippen LogP contribution is 2.38. The Labute approximate surface area is 166 Å². The Morgan fingerprint density at radius 2 is 1.96 bits per heavy atom. The number of hydrogen-bond donors (Lipinski definition) is 1. The molecule has 0 saturated heterocycles. The Morgan fingerprint density at radius 1 is 1.21 bits per heavy atom. The van der Waals surface area contributed by atoms with Crippen molar-refractivity contribution in [3.05, 3.63) is 47.5 Å². The molecule has 0 bridgehead atoms. The largest absolute Gasteiger partial charge is 0.476 e. The fraction of sp³-hybridized carbons (Fsp3) is 0.222. The van der Waals surface area contributed by atoms with Crippen LogP contribution in [0.4, 0.5) is 17.1 Å². The summed E-state index contributed by atoms with van der Waals surface area (Å²) < 4.78 is 31.5. The number of nitrogens with one attached hydrogen (secondary N) is 1. The highest BCUT2D eigenvalue weighted by atomic mass is 35.5. The Balaban J connectivity index is 1.71. The van der Waals surface area contributed by atoms with Gasteiger partial charge in [-0.2, -0.15) is 0 Å². The summed E-state index contributed by atoms with van der Waals surface area (Å²) in [5, 5.41) is 3.06. The third-order valence-corrected chi connectivity index (χ3v) is 5.88. The molecule has 2 heterocycles. The Hall–Kier alpha value is -2.78. The number of nitrogens with zero attached hydrogens (tertiary/aromatic N) is 2. The number of carbonyl (C=O) groups excluding carboxylic acids is 2. The number of amides is 2. The van der Waals surface area contributed by atoms with Crippen LogP contribution in [-0.4, -0.2) is 45.7 Å². The molecule has 0 aliphatic carbocycles. The van der Waals surface area contributed by atoms with E-state index in [1.54, 1.807) is 30.3 Å². The standard InChI is InChI=1S/C18H16ClN3O5S/c1-28(25,26)22-9-16(27-15-7-6-11(19)8-14(15)22)18(24)21-10-17(23)20-12-4-2-3-5-13(12)21/h2-8,16H,9-10H2,1H3,(H,20,23)/t16-/m1/s1. The highest BCUT2D eigenvalue weighted by molar-refractivity contribution is 7.92. The van der Waals surface area contributed by atoms with Crippen LogP contribution in [-0.2, 0) is 19.6 Å². The number of halogens is 1. The maximum atomic E-state index is 13.2. The smallest absolute Gasteiger partial charge is 0.270 e. The van der Waals surface area contributed by atoms with Crippen molar-refractivity contribution in [3.8, 4) is 5.75 Å². The molecule has 0 fully saturated rings. The molecule has 0 unspecified atom stereocenters. The number of hydrogen-bond acceptors (Lipinski definition) is 5. The van der Waals surface area contributed by atoms with Gasteiger partial charge in [0.2, 0.25) is 15.9 Å². The molecule has 2 amide bonds. The minimum atomic E-state index is -3.68. The van der Waals surface area contributed by atoms with Crippen LogP contribution in [0.2, 0.25) is 5.02 Å². The molecular weight excluding hydrogens is 406 g/mol. The van der Waals surface area contributed by atoms with Crippen LogP contribution in [0.1, 0.15) is 0 Å². The molecular formula is C18H16ClN3O5S. The molecule has 10 heteroatoms. The van der Waals surface area contributed by atoms with Gasteiger partial charge in [-0.25, -0.2) is 8.42 Å². The van der Waals surface area contributed by atoms with Gasteiger partial charge in [0.15, 0.2) is 6.10 Å².